The predicted molar refractivity (Wildman–Crippen MR) is 113 cm³/mol. The van der Waals surface area contributed by atoms with Gasteiger partial charge in [-0.05, 0) is 30.7 Å². The molecule has 1 aromatic heterocycles. The molecule has 0 bridgehead atoms. The molecule has 3 rings (SSSR count). The number of amides is 1. The van der Waals surface area contributed by atoms with Crippen molar-refractivity contribution in [1.82, 2.24) is 14.8 Å². The highest BCUT2D eigenvalue weighted by molar-refractivity contribution is 7.99. The molecule has 0 fully saturated rings. The average molecular weight is 453 g/mol. The van der Waals surface area contributed by atoms with Crippen LogP contribution in [0.3, 0.4) is 0 Å². The lowest BCUT2D eigenvalue weighted by molar-refractivity contribution is -0.113. The molecule has 0 atom stereocenters. The van der Waals surface area contributed by atoms with E-state index in [9.17, 15) is 13.6 Å². The van der Waals surface area contributed by atoms with Gasteiger partial charge in [0.15, 0.2) is 11.0 Å². The van der Waals surface area contributed by atoms with Crippen molar-refractivity contribution >= 4 is 35.0 Å². The highest BCUT2D eigenvalue weighted by Crippen LogP contribution is 2.29. The van der Waals surface area contributed by atoms with Crippen LogP contribution in [0, 0.1) is 11.6 Å². The maximum Gasteiger partial charge on any atom is 0.234 e. The fraction of sp³-hybridized carbons (Fsp3) is 0.250. The number of nitrogens with zero attached hydrogens (tertiary/aromatic N) is 3. The summed E-state index contributed by atoms with van der Waals surface area (Å²) in [5.74, 6) is -1.43. The van der Waals surface area contributed by atoms with Crippen molar-refractivity contribution in [3.8, 4) is 11.4 Å². The topological polar surface area (TPSA) is 69.0 Å². The van der Waals surface area contributed by atoms with E-state index in [1.807, 2.05) is 22.8 Å². The molecule has 6 nitrogen and oxygen atoms in total. The van der Waals surface area contributed by atoms with Gasteiger partial charge in [-0.25, -0.2) is 8.78 Å². The number of hydrogen-bond donors (Lipinski definition) is 1. The molecule has 158 valence electrons. The van der Waals surface area contributed by atoms with Gasteiger partial charge in [0, 0.05) is 31.9 Å². The number of hydrogen-bond acceptors (Lipinski definition) is 5. The van der Waals surface area contributed by atoms with Crippen molar-refractivity contribution in [1.29, 1.82) is 0 Å². The summed E-state index contributed by atoms with van der Waals surface area (Å²) >= 11 is 7.47. The van der Waals surface area contributed by atoms with Crippen LogP contribution in [0.2, 0.25) is 5.02 Å². The molecule has 0 saturated heterocycles. The van der Waals surface area contributed by atoms with Crippen LogP contribution in [0.15, 0.2) is 47.6 Å². The average Bonchev–Trinajstić information content (AvgIpc) is 3.12. The van der Waals surface area contributed by atoms with Gasteiger partial charge in [0.2, 0.25) is 5.91 Å². The predicted octanol–water partition coefficient (Wildman–Crippen LogP) is 4.64. The monoisotopic (exact) mass is 452 g/mol. The van der Waals surface area contributed by atoms with Crippen molar-refractivity contribution in [2.45, 2.75) is 18.1 Å². The van der Waals surface area contributed by atoms with Crippen molar-refractivity contribution in [3.63, 3.8) is 0 Å². The van der Waals surface area contributed by atoms with Gasteiger partial charge in [0.25, 0.3) is 0 Å². The van der Waals surface area contributed by atoms with E-state index in [2.05, 4.69) is 15.5 Å². The van der Waals surface area contributed by atoms with E-state index < -0.39 is 17.5 Å². The molecule has 1 amide bonds. The summed E-state index contributed by atoms with van der Waals surface area (Å²) in [4.78, 5) is 12.2. The second kappa shape index (κ2) is 10.5. The second-order valence-electron chi connectivity index (χ2n) is 6.25. The molecule has 30 heavy (non-hydrogen) atoms. The Hall–Kier alpha value is -2.49. The van der Waals surface area contributed by atoms with Crippen LogP contribution >= 0.6 is 23.4 Å². The lowest BCUT2D eigenvalue weighted by atomic mass is 10.2. The first-order chi connectivity index (χ1) is 14.5. The zero-order chi connectivity index (χ0) is 21.5. The van der Waals surface area contributed by atoms with Crippen molar-refractivity contribution in [2.75, 3.05) is 24.8 Å². The van der Waals surface area contributed by atoms with E-state index >= 15 is 0 Å². The lowest BCUT2D eigenvalue weighted by Gasteiger charge is -2.11. The molecule has 1 heterocycles. The standard InChI is InChI=1S/C20H19ClF2N4O2S/c1-29-10-4-9-27-19(14-5-2-3-6-15(14)21)25-26-20(27)30-12-18(28)24-17-8-7-13(22)11-16(17)23/h2-3,5-8,11H,4,9-10,12H2,1H3,(H,24,28). The third kappa shape index (κ3) is 5.56. The molecule has 0 unspecified atom stereocenters. The molecule has 3 aromatic rings. The summed E-state index contributed by atoms with van der Waals surface area (Å²) in [6.45, 7) is 1.12. The van der Waals surface area contributed by atoms with E-state index in [1.165, 1.54) is 6.07 Å². The fourth-order valence-electron chi connectivity index (χ4n) is 2.71. The first-order valence-electron chi connectivity index (χ1n) is 9.04. The molecule has 0 saturated carbocycles. The molecule has 0 aliphatic rings. The Bertz CT molecular complexity index is 1030. The van der Waals surface area contributed by atoms with Crippen LogP contribution in [0.1, 0.15) is 6.42 Å². The van der Waals surface area contributed by atoms with Gasteiger partial charge >= 0.3 is 0 Å². The smallest absolute Gasteiger partial charge is 0.234 e. The molecule has 0 spiro atoms. The summed E-state index contributed by atoms with van der Waals surface area (Å²) in [6, 6.07) is 10.3. The highest BCUT2D eigenvalue weighted by Gasteiger charge is 2.18. The van der Waals surface area contributed by atoms with Crippen molar-refractivity contribution in [2.24, 2.45) is 0 Å². The van der Waals surface area contributed by atoms with E-state index in [-0.39, 0.29) is 11.4 Å². The van der Waals surface area contributed by atoms with Gasteiger partial charge in [0.1, 0.15) is 11.6 Å². The van der Waals surface area contributed by atoms with E-state index in [0.717, 1.165) is 23.4 Å². The molecular weight excluding hydrogens is 434 g/mol. The number of thioether (sulfide) groups is 1. The molecule has 0 aliphatic carbocycles. The molecule has 0 radical (unpaired) electrons. The zero-order valence-corrected chi connectivity index (χ0v) is 17.6. The van der Waals surface area contributed by atoms with Gasteiger partial charge in [0.05, 0.1) is 16.5 Å². The quantitative estimate of drug-likeness (QED) is 0.378. The first-order valence-corrected chi connectivity index (χ1v) is 10.4. The van der Waals surface area contributed by atoms with Gasteiger partial charge in [-0.3, -0.25) is 4.79 Å². The van der Waals surface area contributed by atoms with Gasteiger partial charge in [-0.15, -0.1) is 10.2 Å². The number of rotatable bonds is 9. The second-order valence-corrected chi connectivity index (χ2v) is 7.59. The molecule has 10 heteroatoms. The Balaban J connectivity index is 1.74. The summed E-state index contributed by atoms with van der Waals surface area (Å²) in [6.07, 6.45) is 0.715. The molecule has 1 N–H and O–H groups in total. The number of halogens is 3. The maximum atomic E-state index is 13.7. The van der Waals surface area contributed by atoms with Gasteiger partial charge in [-0.2, -0.15) is 0 Å². The summed E-state index contributed by atoms with van der Waals surface area (Å²) < 4.78 is 33.7. The maximum absolute atomic E-state index is 13.7. The SMILES string of the molecule is COCCCn1c(SCC(=O)Nc2ccc(F)cc2F)nnc1-c1ccccc1Cl. The summed E-state index contributed by atoms with van der Waals surface area (Å²) in [7, 11) is 1.62. The number of benzene rings is 2. The minimum absolute atomic E-state index is 0.0260. The molecular formula is C20H19ClF2N4O2S. The third-order valence-electron chi connectivity index (χ3n) is 4.10. The summed E-state index contributed by atoms with van der Waals surface area (Å²) in [5.41, 5.74) is 0.647. The number of anilines is 1. The van der Waals surface area contributed by atoms with Crippen LogP contribution in [0.5, 0.6) is 0 Å². The van der Waals surface area contributed by atoms with Gasteiger partial charge in [-0.1, -0.05) is 35.5 Å². The van der Waals surface area contributed by atoms with Crippen LogP contribution in [0.4, 0.5) is 14.5 Å². The number of aromatic nitrogens is 3. The molecule has 0 aliphatic heterocycles. The normalized spacial score (nSPS) is 10.9. The highest BCUT2D eigenvalue weighted by atomic mass is 35.5. The van der Waals surface area contributed by atoms with Crippen LogP contribution in [-0.2, 0) is 16.1 Å². The minimum atomic E-state index is -0.836. The Morgan fingerprint density at radius 2 is 2.03 bits per heavy atom. The van der Waals surface area contributed by atoms with Crippen LogP contribution in [0.25, 0.3) is 11.4 Å². The number of carbonyl (C=O) groups excluding carboxylic acids is 1. The third-order valence-corrected chi connectivity index (χ3v) is 5.40. The first kappa shape index (κ1) is 22.2. The Morgan fingerprint density at radius 1 is 1.23 bits per heavy atom. The summed E-state index contributed by atoms with van der Waals surface area (Å²) in [5, 5.41) is 11.9. The zero-order valence-electron chi connectivity index (χ0n) is 16.1. The largest absolute Gasteiger partial charge is 0.385 e. The van der Waals surface area contributed by atoms with Crippen molar-refractivity contribution < 1.29 is 18.3 Å². The van der Waals surface area contributed by atoms with Crippen LogP contribution < -0.4 is 5.32 Å². The Morgan fingerprint density at radius 3 is 2.77 bits per heavy atom. The van der Waals surface area contributed by atoms with Crippen LogP contribution in [-0.4, -0.2) is 40.1 Å². The number of methoxy groups -OCH3 is 1. The fourth-order valence-corrected chi connectivity index (χ4v) is 3.70. The Labute approximate surface area is 181 Å². The number of ether oxygens (including phenoxy) is 1. The minimum Gasteiger partial charge on any atom is -0.385 e. The van der Waals surface area contributed by atoms with E-state index in [4.69, 9.17) is 16.3 Å². The van der Waals surface area contributed by atoms with E-state index in [0.29, 0.717) is 41.6 Å². The van der Waals surface area contributed by atoms with E-state index in [1.54, 1.807) is 13.2 Å². The molecule has 2 aromatic carbocycles. The number of carbonyl (C=O) groups is 1. The Kier molecular flexibility index (Phi) is 7.78. The van der Waals surface area contributed by atoms with Crippen molar-refractivity contribution in [3.05, 3.63) is 59.1 Å². The lowest BCUT2D eigenvalue weighted by Crippen LogP contribution is -2.16. The number of nitrogens with one attached hydrogen (secondary N) is 1. The van der Waals surface area contributed by atoms with Gasteiger partial charge < -0.3 is 14.6 Å².